The first-order valence-electron chi connectivity index (χ1n) is 6.26. The molecule has 3 aromatic rings. The Balaban J connectivity index is 1.93. The van der Waals surface area contributed by atoms with E-state index >= 15 is 0 Å². The van der Waals surface area contributed by atoms with Crippen LogP contribution in [0.3, 0.4) is 0 Å². The molecule has 0 atom stereocenters. The molecular formula is C15H12FN3OS. The van der Waals surface area contributed by atoms with Gasteiger partial charge in [-0.3, -0.25) is 9.78 Å². The van der Waals surface area contributed by atoms with Crippen LogP contribution >= 0.6 is 11.3 Å². The molecule has 0 fully saturated rings. The minimum Gasteiger partial charge on any atom is -0.397 e. The van der Waals surface area contributed by atoms with Crippen molar-refractivity contribution in [2.24, 2.45) is 0 Å². The Kier molecular flexibility index (Phi) is 3.31. The number of aryl methyl sites for hydroxylation is 1. The van der Waals surface area contributed by atoms with E-state index in [4.69, 9.17) is 5.73 Å². The smallest absolute Gasteiger partial charge is 0.267 e. The van der Waals surface area contributed by atoms with Gasteiger partial charge in [-0.1, -0.05) is 0 Å². The number of amides is 1. The molecule has 3 N–H and O–H groups in total. The molecule has 1 aromatic carbocycles. The van der Waals surface area contributed by atoms with Gasteiger partial charge >= 0.3 is 0 Å². The van der Waals surface area contributed by atoms with Gasteiger partial charge < -0.3 is 11.1 Å². The van der Waals surface area contributed by atoms with Gasteiger partial charge in [0, 0.05) is 23.5 Å². The molecule has 0 unspecified atom stereocenters. The van der Waals surface area contributed by atoms with E-state index in [0.717, 1.165) is 10.1 Å². The van der Waals surface area contributed by atoms with Gasteiger partial charge in [0.25, 0.3) is 5.91 Å². The van der Waals surface area contributed by atoms with E-state index < -0.39 is 0 Å². The fraction of sp³-hybridized carbons (Fsp3) is 0.0667. The van der Waals surface area contributed by atoms with E-state index in [-0.39, 0.29) is 11.7 Å². The summed E-state index contributed by atoms with van der Waals surface area (Å²) >= 11 is 1.28. The summed E-state index contributed by atoms with van der Waals surface area (Å²) in [6, 6.07) is 6.20. The number of carbonyl (C=O) groups is 1. The van der Waals surface area contributed by atoms with Gasteiger partial charge in [-0.05, 0) is 36.8 Å². The lowest BCUT2D eigenvalue weighted by atomic mass is 10.2. The number of nitrogens with two attached hydrogens (primary N) is 1. The lowest BCUT2D eigenvalue weighted by Gasteiger charge is -2.06. The van der Waals surface area contributed by atoms with Crippen molar-refractivity contribution in [2.45, 2.75) is 6.92 Å². The molecule has 0 aliphatic carbocycles. The topological polar surface area (TPSA) is 68.0 Å². The number of carbonyl (C=O) groups excluding carboxylic acids is 1. The monoisotopic (exact) mass is 301 g/mol. The van der Waals surface area contributed by atoms with Crippen molar-refractivity contribution in [3.05, 3.63) is 52.9 Å². The molecule has 0 saturated carbocycles. The lowest BCUT2D eigenvalue weighted by molar-refractivity contribution is 0.103. The fourth-order valence-corrected chi connectivity index (χ4v) is 3.04. The second-order valence-corrected chi connectivity index (χ2v) is 5.69. The van der Waals surface area contributed by atoms with Crippen LogP contribution in [-0.2, 0) is 0 Å². The van der Waals surface area contributed by atoms with Crippen molar-refractivity contribution >= 4 is 38.7 Å². The Morgan fingerprint density at radius 2 is 2.19 bits per heavy atom. The minimum atomic E-state index is -0.306. The van der Waals surface area contributed by atoms with E-state index in [0.29, 0.717) is 21.8 Å². The SMILES string of the molecule is Cc1cc(NC(=O)c2sc3cnccc3c2N)ccc1F. The average molecular weight is 301 g/mol. The summed E-state index contributed by atoms with van der Waals surface area (Å²) in [5, 5.41) is 3.55. The van der Waals surface area contributed by atoms with E-state index in [1.807, 2.05) is 0 Å². The number of hydrogen-bond acceptors (Lipinski definition) is 4. The summed E-state index contributed by atoms with van der Waals surface area (Å²) in [7, 11) is 0. The predicted octanol–water partition coefficient (Wildman–Crippen LogP) is 3.58. The van der Waals surface area contributed by atoms with Gasteiger partial charge in [-0.15, -0.1) is 11.3 Å². The van der Waals surface area contributed by atoms with Gasteiger partial charge in [0.2, 0.25) is 0 Å². The largest absolute Gasteiger partial charge is 0.397 e. The number of pyridine rings is 1. The number of anilines is 2. The fourth-order valence-electron chi connectivity index (χ4n) is 2.05. The molecule has 0 aliphatic rings. The number of rotatable bonds is 2. The average Bonchev–Trinajstić information content (AvgIpc) is 2.81. The summed E-state index contributed by atoms with van der Waals surface area (Å²) in [6.07, 6.45) is 3.31. The maximum absolute atomic E-state index is 13.2. The molecule has 2 heterocycles. The van der Waals surface area contributed by atoms with Gasteiger partial charge in [-0.2, -0.15) is 0 Å². The molecule has 4 nitrogen and oxygen atoms in total. The van der Waals surface area contributed by atoms with Crippen LogP contribution in [0.4, 0.5) is 15.8 Å². The van der Waals surface area contributed by atoms with Gasteiger partial charge in [0.1, 0.15) is 10.7 Å². The van der Waals surface area contributed by atoms with Crippen LogP contribution in [0.1, 0.15) is 15.2 Å². The Morgan fingerprint density at radius 3 is 2.90 bits per heavy atom. The molecule has 0 aliphatic heterocycles. The zero-order chi connectivity index (χ0) is 15.0. The summed E-state index contributed by atoms with van der Waals surface area (Å²) in [6.45, 7) is 1.64. The van der Waals surface area contributed by atoms with Crippen LogP contribution in [-0.4, -0.2) is 10.9 Å². The first-order chi connectivity index (χ1) is 10.1. The second kappa shape index (κ2) is 5.14. The van der Waals surface area contributed by atoms with Crippen LogP contribution < -0.4 is 11.1 Å². The first-order valence-corrected chi connectivity index (χ1v) is 7.07. The van der Waals surface area contributed by atoms with Crippen molar-refractivity contribution in [1.29, 1.82) is 0 Å². The molecule has 0 saturated heterocycles. The van der Waals surface area contributed by atoms with Crippen molar-refractivity contribution in [3.63, 3.8) is 0 Å². The lowest BCUT2D eigenvalue weighted by Crippen LogP contribution is -2.12. The maximum atomic E-state index is 13.2. The van der Waals surface area contributed by atoms with Crippen molar-refractivity contribution in [2.75, 3.05) is 11.1 Å². The zero-order valence-electron chi connectivity index (χ0n) is 11.2. The summed E-state index contributed by atoms with van der Waals surface area (Å²) in [4.78, 5) is 16.7. The Morgan fingerprint density at radius 1 is 1.38 bits per heavy atom. The molecular weight excluding hydrogens is 289 g/mol. The van der Waals surface area contributed by atoms with E-state index in [9.17, 15) is 9.18 Å². The minimum absolute atomic E-state index is 0.305. The third-order valence-corrected chi connectivity index (χ3v) is 4.31. The quantitative estimate of drug-likeness (QED) is 0.760. The second-order valence-electron chi connectivity index (χ2n) is 4.63. The summed E-state index contributed by atoms with van der Waals surface area (Å²) < 4.78 is 14.1. The molecule has 0 spiro atoms. The zero-order valence-corrected chi connectivity index (χ0v) is 12.0. The number of aromatic nitrogens is 1. The van der Waals surface area contributed by atoms with Gasteiger partial charge in [0.15, 0.2) is 0 Å². The van der Waals surface area contributed by atoms with Crippen LogP contribution in [0.5, 0.6) is 0 Å². The molecule has 106 valence electrons. The summed E-state index contributed by atoms with van der Waals surface area (Å²) in [5.41, 5.74) is 7.46. The number of thiophene rings is 1. The number of fused-ring (bicyclic) bond motifs is 1. The molecule has 1 amide bonds. The molecule has 2 aromatic heterocycles. The number of halogens is 1. The third-order valence-electron chi connectivity index (χ3n) is 3.15. The molecule has 21 heavy (non-hydrogen) atoms. The summed E-state index contributed by atoms with van der Waals surface area (Å²) in [5.74, 6) is -0.611. The van der Waals surface area contributed by atoms with Crippen molar-refractivity contribution in [1.82, 2.24) is 4.98 Å². The Bertz CT molecular complexity index is 844. The number of hydrogen-bond donors (Lipinski definition) is 2. The molecule has 6 heteroatoms. The number of nitrogens with one attached hydrogen (secondary N) is 1. The molecule has 3 rings (SSSR count). The van der Waals surface area contributed by atoms with Crippen LogP contribution in [0, 0.1) is 12.7 Å². The Hall–Kier alpha value is -2.47. The highest BCUT2D eigenvalue weighted by Crippen LogP contribution is 2.33. The highest BCUT2D eigenvalue weighted by Gasteiger charge is 2.16. The number of nitrogens with zero attached hydrogens (tertiary/aromatic N) is 1. The normalized spacial score (nSPS) is 10.8. The first kappa shape index (κ1) is 13.5. The van der Waals surface area contributed by atoms with Crippen molar-refractivity contribution < 1.29 is 9.18 Å². The standard InChI is InChI=1S/C15H12FN3OS/c1-8-6-9(2-3-11(8)16)19-15(20)14-13(17)10-4-5-18-7-12(10)21-14/h2-7H,17H2,1H3,(H,19,20). The molecule has 0 radical (unpaired) electrons. The Labute approximate surface area is 124 Å². The van der Waals surface area contributed by atoms with Gasteiger partial charge in [-0.25, -0.2) is 4.39 Å². The van der Waals surface area contributed by atoms with Gasteiger partial charge in [0.05, 0.1) is 10.4 Å². The molecule has 0 bridgehead atoms. The highest BCUT2D eigenvalue weighted by atomic mass is 32.1. The number of nitrogen functional groups attached to an aromatic ring is 1. The van der Waals surface area contributed by atoms with Crippen LogP contribution in [0.15, 0.2) is 36.7 Å². The number of benzene rings is 1. The van der Waals surface area contributed by atoms with E-state index in [1.54, 1.807) is 31.5 Å². The van der Waals surface area contributed by atoms with Crippen LogP contribution in [0.25, 0.3) is 10.1 Å². The third kappa shape index (κ3) is 2.45. The van der Waals surface area contributed by atoms with Crippen molar-refractivity contribution in [3.8, 4) is 0 Å². The van der Waals surface area contributed by atoms with E-state index in [2.05, 4.69) is 10.3 Å². The predicted molar refractivity (Wildman–Crippen MR) is 83.1 cm³/mol. The van der Waals surface area contributed by atoms with E-state index in [1.165, 1.54) is 23.5 Å². The van der Waals surface area contributed by atoms with Crippen LogP contribution in [0.2, 0.25) is 0 Å². The highest BCUT2D eigenvalue weighted by molar-refractivity contribution is 7.21. The maximum Gasteiger partial charge on any atom is 0.267 e.